The number of hydrogen-bond acceptors (Lipinski definition) is 3. The van der Waals surface area contributed by atoms with E-state index < -0.39 is 17.7 Å². The Kier molecular flexibility index (Phi) is 7.20. The molecule has 1 atom stereocenters. The van der Waals surface area contributed by atoms with Crippen molar-refractivity contribution in [1.29, 1.82) is 0 Å². The fourth-order valence-corrected chi connectivity index (χ4v) is 1.64. The molecule has 0 saturated heterocycles. The summed E-state index contributed by atoms with van der Waals surface area (Å²) < 4.78 is 5.20. The fraction of sp³-hybridized carbons (Fsp3) is 0.875. The minimum atomic E-state index is -0.584. The summed E-state index contributed by atoms with van der Waals surface area (Å²) in [5, 5.41) is 5.53. The van der Waals surface area contributed by atoms with Gasteiger partial charge in [0.2, 0.25) is 5.91 Å². The molecule has 2 amide bonds. The molecule has 0 aliphatic rings. The molecule has 0 bridgehead atoms. The summed E-state index contributed by atoms with van der Waals surface area (Å²) in [4.78, 5) is 24.0. The van der Waals surface area contributed by atoms with Crippen molar-refractivity contribution in [2.24, 2.45) is 11.3 Å². The van der Waals surface area contributed by atoms with Crippen molar-refractivity contribution >= 4 is 12.0 Å². The molecule has 2 N–H and O–H groups in total. The Morgan fingerprint density at radius 1 is 1.05 bits per heavy atom. The van der Waals surface area contributed by atoms with Gasteiger partial charge in [-0.05, 0) is 38.5 Å². The molecule has 21 heavy (non-hydrogen) atoms. The van der Waals surface area contributed by atoms with Crippen LogP contribution in [0.5, 0.6) is 0 Å². The minimum Gasteiger partial charge on any atom is -0.444 e. The van der Waals surface area contributed by atoms with Gasteiger partial charge in [0.1, 0.15) is 11.6 Å². The van der Waals surface area contributed by atoms with Crippen LogP contribution in [0, 0.1) is 11.3 Å². The first-order valence-corrected chi connectivity index (χ1v) is 7.59. The molecule has 0 spiro atoms. The molecule has 0 heterocycles. The van der Waals surface area contributed by atoms with Gasteiger partial charge in [-0.25, -0.2) is 4.79 Å². The van der Waals surface area contributed by atoms with Crippen molar-refractivity contribution in [3.63, 3.8) is 0 Å². The van der Waals surface area contributed by atoms with Gasteiger partial charge in [0.05, 0.1) is 0 Å². The molecule has 0 aliphatic carbocycles. The average molecular weight is 300 g/mol. The molecular weight excluding hydrogens is 268 g/mol. The number of hydrogen-bond donors (Lipinski definition) is 2. The maximum atomic E-state index is 12.2. The van der Waals surface area contributed by atoms with Gasteiger partial charge in [-0.3, -0.25) is 4.79 Å². The predicted octanol–water partition coefficient (Wildman–Crippen LogP) is 3.09. The first-order valence-electron chi connectivity index (χ1n) is 7.59. The van der Waals surface area contributed by atoms with E-state index >= 15 is 0 Å². The zero-order chi connectivity index (χ0) is 16.8. The molecular formula is C16H32N2O3. The molecule has 5 heteroatoms. The lowest BCUT2D eigenvalue weighted by Crippen LogP contribution is -2.51. The zero-order valence-electron chi connectivity index (χ0n) is 14.8. The standard InChI is InChI=1S/C16H32N2O3/c1-11(2)12(18-14(20)21-16(6,7)8)13(19)17-10-9-15(3,4)5/h11-12H,9-10H2,1-8H3,(H,17,19)(H,18,20)/t12-/m0/s1. The average Bonchev–Trinajstić information content (AvgIpc) is 2.20. The van der Waals surface area contributed by atoms with Gasteiger partial charge < -0.3 is 15.4 Å². The normalized spacial score (nSPS) is 13.8. The van der Waals surface area contributed by atoms with Crippen LogP contribution < -0.4 is 10.6 Å². The lowest BCUT2D eigenvalue weighted by molar-refractivity contribution is -0.124. The monoisotopic (exact) mass is 300 g/mol. The van der Waals surface area contributed by atoms with Crippen LogP contribution in [0.25, 0.3) is 0 Å². The third-order valence-corrected chi connectivity index (χ3v) is 2.80. The van der Waals surface area contributed by atoms with Crippen molar-refractivity contribution in [2.45, 2.75) is 73.5 Å². The van der Waals surface area contributed by atoms with Crippen LogP contribution in [0.4, 0.5) is 4.79 Å². The molecule has 124 valence electrons. The number of carbonyl (C=O) groups excluding carboxylic acids is 2. The highest BCUT2D eigenvalue weighted by molar-refractivity contribution is 5.85. The Morgan fingerprint density at radius 2 is 1.57 bits per heavy atom. The van der Waals surface area contributed by atoms with E-state index in [-0.39, 0.29) is 17.2 Å². The van der Waals surface area contributed by atoms with Gasteiger partial charge in [0.15, 0.2) is 0 Å². The smallest absolute Gasteiger partial charge is 0.408 e. The summed E-state index contributed by atoms with van der Waals surface area (Å²) in [6, 6.07) is -0.584. The second-order valence-corrected chi connectivity index (χ2v) is 7.97. The van der Waals surface area contributed by atoms with Crippen LogP contribution in [0.1, 0.15) is 61.8 Å². The zero-order valence-corrected chi connectivity index (χ0v) is 14.8. The molecule has 0 saturated carbocycles. The van der Waals surface area contributed by atoms with Crippen molar-refractivity contribution in [2.75, 3.05) is 6.54 Å². The first-order chi connectivity index (χ1) is 9.32. The Morgan fingerprint density at radius 3 is 1.95 bits per heavy atom. The highest BCUT2D eigenvalue weighted by Gasteiger charge is 2.26. The largest absolute Gasteiger partial charge is 0.444 e. The number of nitrogens with one attached hydrogen (secondary N) is 2. The number of ether oxygens (including phenoxy) is 1. The number of rotatable bonds is 5. The summed E-state index contributed by atoms with van der Waals surface area (Å²) in [5.41, 5.74) is -0.409. The maximum absolute atomic E-state index is 12.2. The van der Waals surface area contributed by atoms with Crippen molar-refractivity contribution in [3.8, 4) is 0 Å². The Labute approximate surface area is 129 Å². The summed E-state index contributed by atoms with van der Waals surface area (Å²) >= 11 is 0. The summed E-state index contributed by atoms with van der Waals surface area (Å²) in [6.45, 7) is 16.1. The van der Waals surface area contributed by atoms with E-state index in [0.717, 1.165) is 6.42 Å². The lowest BCUT2D eigenvalue weighted by atomic mass is 9.92. The van der Waals surface area contributed by atoms with Gasteiger partial charge in [-0.1, -0.05) is 34.6 Å². The van der Waals surface area contributed by atoms with Crippen LogP contribution in [0.15, 0.2) is 0 Å². The van der Waals surface area contributed by atoms with Crippen LogP contribution >= 0.6 is 0 Å². The highest BCUT2D eigenvalue weighted by atomic mass is 16.6. The van der Waals surface area contributed by atoms with Gasteiger partial charge in [-0.15, -0.1) is 0 Å². The van der Waals surface area contributed by atoms with E-state index in [9.17, 15) is 9.59 Å². The van der Waals surface area contributed by atoms with E-state index in [1.54, 1.807) is 20.8 Å². The van der Waals surface area contributed by atoms with E-state index in [1.165, 1.54) is 0 Å². The summed E-state index contributed by atoms with van der Waals surface area (Å²) in [5.74, 6) is -0.174. The topological polar surface area (TPSA) is 67.4 Å². The SMILES string of the molecule is CC(C)[C@H](NC(=O)OC(C)(C)C)C(=O)NCCC(C)(C)C. The van der Waals surface area contributed by atoms with E-state index in [0.29, 0.717) is 6.54 Å². The second kappa shape index (κ2) is 7.66. The molecule has 0 fully saturated rings. The third-order valence-electron chi connectivity index (χ3n) is 2.80. The van der Waals surface area contributed by atoms with Gasteiger partial charge in [0, 0.05) is 6.54 Å². The molecule has 0 unspecified atom stereocenters. The van der Waals surface area contributed by atoms with Crippen molar-refractivity contribution in [3.05, 3.63) is 0 Å². The van der Waals surface area contributed by atoms with E-state index in [2.05, 4.69) is 31.4 Å². The molecule has 0 radical (unpaired) electrons. The molecule has 5 nitrogen and oxygen atoms in total. The Hall–Kier alpha value is -1.26. The van der Waals surface area contributed by atoms with Crippen LogP contribution in [0.3, 0.4) is 0 Å². The highest BCUT2D eigenvalue weighted by Crippen LogP contribution is 2.17. The fourth-order valence-electron chi connectivity index (χ4n) is 1.64. The van der Waals surface area contributed by atoms with Gasteiger partial charge in [0.25, 0.3) is 0 Å². The molecule has 0 aromatic heterocycles. The number of carbonyl (C=O) groups is 2. The van der Waals surface area contributed by atoms with Crippen LogP contribution in [0.2, 0.25) is 0 Å². The molecule has 0 aliphatic heterocycles. The van der Waals surface area contributed by atoms with Crippen molar-refractivity contribution < 1.29 is 14.3 Å². The van der Waals surface area contributed by atoms with E-state index in [4.69, 9.17) is 4.74 Å². The number of amides is 2. The molecule has 0 aromatic carbocycles. The first kappa shape index (κ1) is 19.7. The summed E-state index contributed by atoms with van der Waals surface area (Å²) in [6.07, 6.45) is 0.322. The summed E-state index contributed by atoms with van der Waals surface area (Å²) in [7, 11) is 0. The van der Waals surface area contributed by atoms with Gasteiger partial charge in [-0.2, -0.15) is 0 Å². The number of alkyl carbamates (subject to hydrolysis) is 1. The Bertz CT molecular complexity index is 352. The minimum absolute atomic E-state index is 0.00726. The maximum Gasteiger partial charge on any atom is 0.408 e. The van der Waals surface area contributed by atoms with Crippen LogP contribution in [-0.4, -0.2) is 30.2 Å². The van der Waals surface area contributed by atoms with Crippen LogP contribution in [-0.2, 0) is 9.53 Å². The van der Waals surface area contributed by atoms with Crippen molar-refractivity contribution in [1.82, 2.24) is 10.6 Å². The Balaban J connectivity index is 4.48. The van der Waals surface area contributed by atoms with E-state index in [1.807, 2.05) is 13.8 Å². The molecule has 0 rings (SSSR count). The molecule has 0 aromatic rings. The quantitative estimate of drug-likeness (QED) is 0.820. The lowest BCUT2D eigenvalue weighted by Gasteiger charge is -2.26. The predicted molar refractivity (Wildman–Crippen MR) is 85.1 cm³/mol. The van der Waals surface area contributed by atoms with Gasteiger partial charge >= 0.3 is 6.09 Å². The third kappa shape index (κ3) is 10.2. The second-order valence-electron chi connectivity index (χ2n) is 7.97.